The summed E-state index contributed by atoms with van der Waals surface area (Å²) in [5.41, 5.74) is 0.617. The van der Waals surface area contributed by atoms with Gasteiger partial charge in [-0.25, -0.2) is 4.39 Å². The van der Waals surface area contributed by atoms with E-state index < -0.39 is 5.82 Å². The predicted molar refractivity (Wildman–Crippen MR) is 65.9 cm³/mol. The summed E-state index contributed by atoms with van der Waals surface area (Å²) >= 11 is 5.84. The topological polar surface area (TPSA) is 38.3 Å². The molecule has 0 atom stereocenters. The molecule has 0 spiro atoms. The molecule has 0 aromatic heterocycles. The largest absolute Gasteiger partial charge is 0.454 e. The number of benzene rings is 2. The highest BCUT2D eigenvalue weighted by molar-refractivity contribution is 6.31. The van der Waals surface area contributed by atoms with Gasteiger partial charge < -0.3 is 10.1 Å². The Labute approximate surface area is 107 Å². The summed E-state index contributed by atoms with van der Waals surface area (Å²) in [4.78, 5) is 12.0. The molecule has 5 heteroatoms. The van der Waals surface area contributed by atoms with E-state index in [0.717, 1.165) is 0 Å². The standard InChI is InChI=1S/C13H7ClFNO2/c14-7-1-3-11-9(5-7)13(17)16-10-6-8(15)2-4-12(10)18-11/h1-6H,(H,16,17). The van der Waals surface area contributed by atoms with Crippen LogP contribution in [0.1, 0.15) is 10.4 Å². The fourth-order valence-corrected chi connectivity index (χ4v) is 1.94. The lowest BCUT2D eigenvalue weighted by Crippen LogP contribution is -2.10. The van der Waals surface area contributed by atoms with Crippen LogP contribution in [0.25, 0.3) is 0 Å². The van der Waals surface area contributed by atoms with Crippen molar-refractivity contribution < 1.29 is 13.9 Å². The highest BCUT2D eigenvalue weighted by Crippen LogP contribution is 2.36. The van der Waals surface area contributed by atoms with Gasteiger partial charge in [0.2, 0.25) is 0 Å². The minimum Gasteiger partial charge on any atom is -0.454 e. The molecular weight excluding hydrogens is 257 g/mol. The van der Waals surface area contributed by atoms with Crippen LogP contribution < -0.4 is 10.1 Å². The Bertz CT molecular complexity index is 657. The Balaban J connectivity index is 2.16. The first kappa shape index (κ1) is 11.0. The minimum atomic E-state index is -0.443. The molecule has 3 nitrogen and oxygen atoms in total. The van der Waals surface area contributed by atoms with Gasteiger partial charge in [-0.3, -0.25) is 4.79 Å². The molecule has 0 radical (unpaired) electrons. The number of rotatable bonds is 0. The van der Waals surface area contributed by atoms with E-state index in [0.29, 0.717) is 27.8 Å². The average molecular weight is 264 g/mol. The molecule has 1 aliphatic rings. The lowest BCUT2D eigenvalue weighted by molar-refractivity contribution is 0.102. The second-order valence-electron chi connectivity index (χ2n) is 3.84. The Morgan fingerprint density at radius 3 is 2.72 bits per heavy atom. The van der Waals surface area contributed by atoms with Crippen molar-refractivity contribution in [1.29, 1.82) is 0 Å². The molecule has 18 heavy (non-hydrogen) atoms. The molecule has 0 saturated carbocycles. The lowest BCUT2D eigenvalue weighted by Gasteiger charge is -2.07. The van der Waals surface area contributed by atoms with Crippen LogP contribution in [0.3, 0.4) is 0 Å². The molecule has 0 aliphatic carbocycles. The first-order chi connectivity index (χ1) is 8.63. The molecule has 2 aromatic carbocycles. The van der Waals surface area contributed by atoms with Crippen molar-refractivity contribution in [3.63, 3.8) is 0 Å². The lowest BCUT2D eigenvalue weighted by atomic mass is 10.2. The van der Waals surface area contributed by atoms with E-state index in [2.05, 4.69) is 5.32 Å². The molecule has 0 bridgehead atoms. The SMILES string of the molecule is O=C1Nc2cc(F)ccc2Oc2ccc(Cl)cc21. The zero-order valence-corrected chi connectivity index (χ0v) is 9.79. The molecule has 0 fully saturated rings. The number of anilines is 1. The quantitative estimate of drug-likeness (QED) is 0.784. The Kier molecular flexibility index (Phi) is 2.45. The van der Waals surface area contributed by atoms with Crippen LogP contribution in [0.5, 0.6) is 11.5 Å². The van der Waals surface area contributed by atoms with Crippen molar-refractivity contribution in [2.75, 3.05) is 5.32 Å². The average Bonchev–Trinajstić information content (AvgIpc) is 2.46. The molecule has 1 N–H and O–H groups in total. The van der Waals surface area contributed by atoms with E-state index >= 15 is 0 Å². The monoisotopic (exact) mass is 263 g/mol. The van der Waals surface area contributed by atoms with Crippen LogP contribution >= 0.6 is 11.6 Å². The molecule has 1 heterocycles. The number of ether oxygens (including phenoxy) is 1. The van der Waals surface area contributed by atoms with E-state index in [1.165, 1.54) is 24.3 Å². The fraction of sp³-hybridized carbons (Fsp3) is 0. The molecule has 1 aliphatic heterocycles. The van der Waals surface area contributed by atoms with Gasteiger partial charge in [-0.05, 0) is 30.3 Å². The molecule has 0 saturated heterocycles. The molecule has 0 unspecified atom stereocenters. The number of nitrogens with one attached hydrogen (secondary N) is 1. The van der Waals surface area contributed by atoms with Gasteiger partial charge in [-0.15, -0.1) is 0 Å². The van der Waals surface area contributed by atoms with Crippen molar-refractivity contribution in [1.82, 2.24) is 0 Å². The summed E-state index contributed by atoms with van der Waals surface area (Å²) in [6, 6.07) is 8.69. The highest BCUT2D eigenvalue weighted by Gasteiger charge is 2.21. The number of hydrogen-bond acceptors (Lipinski definition) is 2. The Hall–Kier alpha value is -2.07. The summed E-state index contributed by atoms with van der Waals surface area (Å²) in [5.74, 6) is -0.0356. The van der Waals surface area contributed by atoms with Gasteiger partial charge in [-0.1, -0.05) is 11.6 Å². The third kappa shape index (κ3) is 1.80. The van der Waals surface area contributed by atoms with Gasteiger partial charge in [0.15, 0.2) is 5.75 Å². The van der Waals surface area contributed by atoms with E-state index in [1.807, 2.05) is 0 Å². The summed E-state index contributed by atoms with van der Waals surface area (Å²) < 4.78 is 18.7. The fourth-order valence-electron chi connectivity index (χ4n) is 1.77. The van der Waals surface area contributed by atoms with E-state index in [1.54, 1.807) is 12.1 Å². The molecule has 3 rings (SSSR count). The van der Waals surface area contributed by atoms with Crippen molar-refractivity contribution >= 4 is 23.2 Å². The van der Waals surface area contributed by atoms with Gasteiger partial charge in [0.05, 0.1) is 11.3 Å². The Morgan fingerprint density at radius 2 is 1.89 bits per heavy atom. The van der Waals surface area contributed by atoms with Crippen LogP contribution in [0.2, 0.25) is 5.02 Å². The first-order valence-corrected chi connectivity index (χ1v) is 5.59. The van der Waals surface area contributed by atoms with Gasteiger partial charge in [0, 0.05) is 11.1 Å². The minimum absolute atomic E-state index is 0.298. The van der Waals surface area contributed by atoms with Gasteiger partial charge in [0.25, 0.3) is 5.91 Å². The van der Waals surface area contributed by atoms with Crippen molar-refractivity contribution in [2.45, 2.75) is 0 Å². The zero-order chi connectivity index (χ0) is 12.7. The highest BCUT2D eigenvalue weighted by atomic mass is 35.5. The van der Waals surface area contributed by atoms with Crippen LogP contribution in [-0.4, -0.2) is 5.91 Å². The van der Waals surface area contributed by atoms with Gasteiger partial charge in [-0.2, -0.15) is 0 Å². The number of carbonyl (C=O) groups is 1. The normalized spacial score (nSPS) is 12.9. The van der Waals surface area contributed by atoms with Crippen LogP contribution in [0, 0.1) is 5.82 Å². The molecular formula is C13H7ClFNO2. The van der Waals surface area contributed by atoms with Gasteiger partial charge in [0.1, 0.15) is 11.6 Å². The summed E-state index contributed by atoms with van der Waals surface area (Å²) in [6.07, 6.45) is 0. The third-order valence-corrected chi connectivity index (χ3v) is 2.83. The van der Waals surface area contributed by atoms with Crippen LogP contribution in [0.4, 0.5) is 10.1 Å². The number of amides is 1. The van der Waals surface area contributed by atoms with Crippen molar-refractivity contribution in [2.24, 2.45) is 0 Å². The number of carbonyl (C=O) groups excluding carboxylic acids is 1. The van der Waals surface area contributed by atoms with Crippen molar-refractivity contribution in [3.8, 4) is 11.5 Å². The maximum atomic E-state index is 13.1. The number of halogens is 2. The Morgan fingerprint density at radius 1 is 1.11 bits per heavy atom. The maximum absolute atomic E-state index is 13.1. The third-order valence-electron chi connectivity index (χ3n) is 2.60. The van der Waals surface area contributed by atoms with Crippen LogP contribution in [-0.2, 0) is 0 Å². The number of hydrogen-bond donors (Lipinski definition) is 1. The predicted octanol–water partition coefficient (Wildman–Crippen LogP) is 3.84. The molecule has 90 valence electrons. The van der Waals surface area contributed by atoms with Gasteiger partial charge >= 0.3 is 0 Å². The van der Waals surface area contributed by atoms with E-state index in [-0.39, 0.29) is 5.91 Å². The maximum Gasteiger partial charge on any atom is 0.259 e. The van der Waals surface area contributed by atoms with E-state index in [4.69, 9.17) is 16.3 Å². The summed E-state index contributed by atoms with van der Waals surface area (Å²) in [5, 5.41) is 3.02. The number of fused-ring (bicyclic) bond motifs is 2. The summed E-state index contributed by atoms with van der Waals surface area (Å²) in [6.45, 7) is 0. The molecule has 1 amide bonds. The first-order valence-electron chi connectivity index (χ1n) is 5.22. The smallest absolute Gasteiger partial charge is 0.259 e. The van der Waals surface area contributed by atoms with Crippen molar-refractivity contribution in [3.05, 3.63) is 52.8 Å². The van der Waals surface area contributed by atoms with E-state index in [9.17, 15) is 9.18 Å². The zero-order valence-electron chi connectivity index (χ0n) is 9.04. The second-order valence-corrected chi connectivity index (χ2v) is 4.27. The molecule has 2 aromatic rings. The summed E-state index contributed by atoms with van der Waals surface area (Å²) in [7, 11) is 0. The second kappa shape index (κ2) is 3.99. The van der Waals surface area contributed by atoms with Crippen LogP contribution in [0.15, 0.2) is 36.4 Å².